The lowest BCUT2D eigenvalue weighted by atomic mass is 9.95. The van der Waals surface area contributed by atoms with Crippen LogP contribution >= 0.6 is 22.6 Å². The second-order valence-electron chi connectivity index (χ2n) is 7.85. The van der Waals surface area contributed by atoms with E-state index in [1.807, 2.05) is 72.8 Å². The zero-order chi connectivity index (χ0) is 21.9. The molecule has 6 atom stereocenters. The molecule has 166 valence electrons. The van der Waals surface area contributed by atoms with Crippen LogP contribution in [-0.2, 0) is 25.4 Å². The fourth-order valence-corrected chi connectivity index (χ4v) is 4.75. The first-order valence-corrected chi connectivity index (χ1v) is 11.7. The van der Waals surface area contributed by atoms with E-state index in [4.69, 9.17) is 18.9 Å². The number of hydrogen-bond donors (Lipinski definition) is 1. The highest BCUT2D eigenvalue weighted by Gasteiger charge is 2.50. The Labute approximate surface area is 200 Å². The average molecular weight is 545 g/mol. The van der Waals surface area contributed by atoms with Crippen molar-refractivity contribution in [3.05, 3.63) is 99.4 Å². The third-order valence-corrected chi connectivity index (χ3v) is 6.75. The van der Waals surface area contributed by atoms with E-state index in [1.54, 1.807) is 6.20 Å². The van der Waals surface area contributed by atoms with Gasteiger partial charge in [0.1, 0.15) is 18.3 Å². The summed E-state index contributed by atoms with van der Waals surface area (Å²) >= 11 is 2.29. The number of aliphatic hydroxyl groups excluding tert-OH is 1. The molecule has 2 aromatic carbocycles. The van der Waals surface area contributed by atoms with Crippen molar-refractivity contribution in [1.29, 1.82) is 0 Å². The van der Waals surface area contributed by atoms with Gasteiger partial charge in [0.05, 0.1) is 18.4 Å². The number of aliphatic hydroxyl groups is 1. The molecule has 3 aromatic rings. The largest absolute Gasteiger partial charge is 0.394 e. The minimum Gasteiger partial charge on any atom is -0.394 e. The second kappa shape index (κ2) is 9.94. The van der Waals surface area contributed by atoms with E-state index in [-0.39, 0.29) is 12.7 Å². The molecular formula is C25H24INO5. The molecule has 0 bridgehead atoms. The van der Waals surface area contributed by atoms with Crippen molar-refractivity contribution < 1.29 is 24.1 Å². The van der Waals surface area contributed by atoms with E-state index in [0.717, 1.165) is 20.4 Å². The van der Waals surface area contributed by atoms with Gasteiger partial charge in [0.15, 0.2) is 12.6 Å². The predicted octanol–water partition coefficient (Wildman–Crippen LogP) is 4.19. The Morgan fingerprint density at radius 3 is 1.84 bits per heavy atom. The molecule has 1 N–H and O–H groups in total. The third kappa shape index (κ3) is 4.59. The van der Waals surface area contributed by atoms with Crippen LogP contribution in [0.3, 0.4) is 0 Å². The van der Waals surface area contributed by atoms with Crippen LogP contribution in [0.1, 0.15) is 29.4 Å². The number of halogens is 1. The van der Waals surface area contributed by atoms with Crippen LogP contribution < -0.4 is 0 Å². The van der Waals surface area contributed by atoms with Crippen molar-refractivity contribution in [3.63, 3.8) is 0 Å². The number of benzene rings is 2. The van der Waals surface area contributed by atoms with Gasteiger partial charge in [-0.1, -0.05) is 60.7 Å². The molecule has 0 radical (unpaired) electrons. The Morgan fingerprint density at radius 1 is 0.719 bits per heavy atom. The Balaban J connectivity index is 1.48. The van der Waals surface area contributed by atoms with Crippen LogP contribution in [0.4, 0.5) is 0 Å². The molecule has 2 saturated heterocycles. The zero-order valence-corrected chi connectivity index (χ0v) is 19.4. The molecule has 6 nitrogen and oxygen atoms in total. The molecule has 2 aliphatic heterocycles. The van der Waals surface area contributed by atoms with Crippen LogP contribution in [0.25, 0.3) is 0 Å². The zero-order valence-electron chi connectivity index (χ0n) is 17.3. The Bertz CT molecular complexity index is 1020. The maximum absolute atomic E-state index is 10.2. The number of ether oxygens (including phenoxy) is 4. The molecule has 3 heterocycles. The highest BCUT2D eigenvalue weighted by Crippen LogP contribution is 2.41. The predicted molar refractivity (Wildman–Crippen MR) is 126 cm³/mol. The molecule has 0 aliphatic carbocycles. The van der Waals surface area contributed by atoms with E-state index in [1.165, 1.54) is 0 Å². The van der Waals surface area contributed by atoms with E-state index >= 15 is 0 Å². The molecule has 2 unspecified atom stereocenters. The lowest BCUT2D eigenvalue weighted by molar-refractivity contribution is -0.384. The van der Waals surface area contributed by atoms with Gasteiger partial charge in [-0.15, -0.1) is 0 Å². The van der Waals surface area contributed by atoms with Gasteiger partial charge < -0.3 is 24.1 Å². The van der Waals surface area contributed by atoms with E-state index in [0.29, 0.717) is 6.42 Å². The summed E-state index contributed by atoms with van der Waals surface area (Å²) in [7, 11) is 0. The minimum atomic E-state index is -0.611. The van der Waals surface area contributed by atoms with Crippen molar-refractivity contribution in [3.8, 4) is 0 Å². The van der Waals surface area contributed by atoms with Gasteiger partial charge in [-0.25, -0.2) is 0 Å². The lowest BCUT2D eigenvalue weighted by Gasteiger charge is -2.49. The first-order valence-electron chi connectivity index (χ1n) is 10.6. The maximum atomic E-state index is 10.2. The fraction of sp³-hybridized carbons (Fsp3) is 0.320. The smallest absolute Gasteiger partial charge is 0.184 e. The van der Waals surface area contributed by atoms with Crippen LogP contribution in [0.2, 0.25) is 0 Å². The number of pyridine rings is 1. The molecule has 2 aliphatic rings. The van der Waals surface area contributed by atoms with E-state index in [2.05, 4.69) is 27.6 Å². The van der Waals surface area contributed by atoms with Crippen molar-refractivity contribution in [2.45, 2.75) is 43.4 Å². The quantitative estimate of drug-likeness (QED) is 0.486. The van der Waals surface area contributed by atoms with Crippen molar-refractivity contribution in [2.24, 2.45) is 0 Å². The Morgan fingerprint density at radius 2 is 1.28 bits per heavy atom. The molecule has 1 aromatic heterocycles. The summed E-state index contributed by atoms with van der Waals surface area (Å²) < 4.78 is 26.4. The summed E-state index contributed by atoms with van der Waals surface area (Å²) in [6, 6.07) is 23.5. The summed E-state index contributed by atoms with van der Waals surface area (Å²) in [6.45, 7) is -0.177. The molecule has 0 spiro atoms. The van der Waals surface area contributed by atoms with Crippen LogP contribution in [0.5, 0.6) is 0 Å². The minimum absolute atomic E-state index is 0.177. The second-order valence-corrected chi connectivity index (χ2v) is 9.02. The normalized spacial score (nSPS) is 29.9. The number of nitrogens with zero attached hydrogens (tertiary/aromatic N) is 1. The fourth-order valence-electron chi connectivity index (χ4n) is 4.18. The monoisotopic (exact) mass is 545 g/mol. The highest BCUT2D eigenvalue weighted by atomic mass is 127. The highest BCUT2D eigenvalue weighted by molar-refractivity contribution is 14.1. The van der Waals surface area contributed by atoms with Gasteiger partial charge >= 0.3 is 0 Å². The van der Waals surface area contributed by atoms with Gasteiger partial charge in [0, 0.05) is 27.3 Å². The summed E-state index contributed by atoms with van der Waals surface area (Å²) in [5, 5.41) is 10.2. The van der Waals surface area contributed by atoms with Gasteiger partial charge in [0.2, 0.25) is 0 Å². The van der Waals surface area contributed by atoms with Gasteiger partial charge in [0.25, 0.3) is 0 Å². The molecule has 0 saturated carbocycles. The Kier molecular flexibility index (Phi) is 6.82. The van der Waals surface area contributed by atoms with Crippen LogP contribution in [-0.4, -0.2) is 41.1 Å². The number of aromatic nitrogens is 1. The summed E-state index contributed by atoms with van der Waals surface area (Å²) in [5.41, 5.74) is 2.74. The SMILES string of the molecule is OC[C@H]1OC(c2ccccc2)O[C@@H]2[C@@H]1OC(c1ccccc1)O[C@@H]2Cc1ncccc1I. The average Bonchev–Trinajstić information content (AvgIpc) is 2.86. The first kappa shape index (κ1) is 21.9. The molecule has 2 fully saturated rings. The molecular weight excluding hydrogens is 521 g/mol. The van der Waals surface area contributed by atoms with Crippen molar-refractivity contribution in [2.75, 3.05) is 6.61 Å². The van der Waals surface area contributed by atoms with E-state index < -0.39 is 30.9 Å². The topological polar surface area (TPSA) is 70.0 Å². The van der Waals surface area contributed by atoms with Crippen LogP contribution in [0, 0.1) is 3.57 Å². The molecule has 0 amide bonds. The Hall–Kier alpha value is -1.88. The summed E-state index contributed by atoms with van der Waals surface area (Å²) in [4.78, 5) is 4.56. The number of hydrogen-bond acceptors (Lipinski definition) is 6. The lowest BCUT2D eigenvalue weighted by Crippen LogP contribution is -2.59. The van der Waals surface area contributed by atoms with Gasteiger partial charge in [-0.05, 0) is 34.7 Å². The maximum Gasteiger partial charge on any atom is 0.184 e. The van der Waals surface area contributed by atoms with Gasteiger partial charge in [-0.3, -0.25) is 4.98 Å². The number of rotatable bonds is 5. The van der Waals surface area contributed by atoms with Crippen molar-refractivity contribution in [1.82, 2.24) is 4.98 Å². The van der Waals surface area contributed by atoms with E-state index in [9.17, 15) is 5.11 Å². The third-order valence-electron chi connectivity index (χ3n) is 5.77. The summed E-state index contributed by atoms with van der Waals surface area (Å²) in [5.74, 6) is 0. The molecule has 5 rings (SSSR count). The first-order chi connectivity index (χ1) is 15.7. The number of fused-ring (bicyclic) bond motifs is 1. The van der Waals surface area contributed by atoms with Crippen LogP contribution in [0.15, 0.2) is 79.0 Å². The van der Waals surface area contributed by atoms with Gasteiger partial charge in [-0.2, -0.15) is 0 Å². The summed E-state index contributed by atoms with van der Waals surface area (Å²) in [6.07, 6.45) is -0.622. The molecule has 7 heteroatoms. The van der Waals surface area contributed by atoms with Crippen molar-refractivity contribution >= 4 is 22.6 Å². The standard InChI is InChI=1S/C25H24INO5/c26-18-12-7-13-27-19(18)14-20-22-23(32-24(29-20)16-8-3-1-4-9-16)21(15-28)30-25(31-22)17-10-5-2-6-11-17/h1-13,20-25,28H,14-15H2/t20-,21-,22+,23-,24?,25?/m1/s1. The molecule has 32 heavy (non-hydrogen) atoms.